The lowest BCUT2D eigenvalue weighted by atomic mass is 10.1. The van der Waals surface area contributed by atoms with Gasteiger partial charge in [0.15, 0.2) is 0 Å². The highest BCUT2D eigenvalue weighted by Crippen LogP contribution is 2.15. The summed E-state index contributed by atoms with van der Waals surface area (Å²) < 4.78 is 27.7. The first-order valence-corrected chi connectivity index (χ1v) is 8.61. The summed E-state index contributed by atoms with van der Waals surface area (Å²) in [4.78, 5) is 0. The normalized spacial score (nSPS) is 13.6. The molecule has 0 amide bonds. The average molecular weight is 288 g/mol. The Balaban J connectivity index is 2.53. The van der Waals surface area contributed by atoms with Crippen molar-refractivity contribution in [3.8, 4) is 0 Å². The van der Waals surface area contributed by atoms with E-state index in [9.17, 15) is 8.42 Å². The number of aryl methyl sites for hydroxylation is 1. The molecule has 0 aliphatic carbocycles. The Morgan fingerprint density at radius 1 is 1.37 bits per heavy atom. The molecule has 1 unspecified atom stereocenters. The Labute approximate surface area is 115 Å². The predicted molar refractivity (Wildman–Crippen MR) is 75.5 cm³/mol. The Morgan fingerprint density at radius 2 is 2.11 bits per heavy atom. The van der Waals surface area contributed by atoms with Crippen molar-refractivity contribution in [3.63, 3.8) is 0 Å². The van der Waals surface area contributed by atoms with Crippen LogP contribution < -0.4 is 0 Å². The van der Waals surface area contributed by atoms with E-state index >= 15 is 0 Å². The van der Waals surface area contributed by atoms with E-state index in [-0.39, 0.29) is 6.10 Å². The van der Waals surface area contributed by atoms with Crippen LogP contribution >= 0.6 is 0 Å². The number of hydrogen-bond donors (Lipinski definition) is 1. The molecule has 0 bridgehead atoms. The molecule has 1 aromatic heterocycles. The van der Waals surface area contributed by atoms with E-state index in [2.05, 4.69) is 17.1 Å². The van der Waals surface area contributed by atoms with Crippen LogP contribution in [-0.4, -0.2) is 31.0 Å². The van der Waals surface area contributed by atoms with Crippen molar-refractivity contribution in [2.75, 3.05) is 6.26 Å². The number of nitrogens with one attached hydrogen (secondary N) is 1. The van der Waals surface area contributed by atoms with Gasteiger partial charge >= 0.3 is 0 Å². The topological polar surface area (TPSA) is 72.0 Å². The fourth-order valence-corrected chi connectivity index (χ4v) is 2.70. The minimum absolute atomic E-state index is 0.311. The highest BCUT2D eigenvalue weighted by atomic mass is 32.2. The van der Waals surface area contributed by atoms with Gasteiger partial charge < -0.3 is 0 Å². The Morgan fingerprint density at radius 3 is 2.63 bits per heavy atom. The molecule has 0 fully saturated rings. The first-order valence-electron chi connectivity index (χ1n) is 6.80. The van der Waals surface area contributed by atoms with Crippen molar-refractivity contribution >= 4 is 10.1 Å². The van der Waals surface area contributed by atoms with E-state index in [4.69, 9.17) is 4.18 Å². The Hall–Kier alpha value is -0.880. The number of hydrogen-bond acceptors (Lipinski definition) is 4. The Bertz CT molecular complexity index is 468. The molecule has 1 atom stereocenters. The zero-order valence-corrected chi connectivity index (χ0v) is 12.8. The van der Waals surface area contributed by atoms with Gasteiger partial charge in [-0.2, -0.15) is 13.5 Å². The highest BCUT2D eigenvalue weighted by molar-refractivity contribution is 7.86. The van der Waals surface area contributed by atoms with Gasteiger partial charge in [0.05, 0.1) is 18.1 Å². The summed E-state index contributed by atoms with van der Waals surface area (Å²) in [5, 5.41) is 6.99. The van der Waals surface area contributed by atoms with Gasteiger partial charge in [-0.15, -0.1) is 0 Å². The quantitative estimate of drug-likeness (QED) is 0.560. The number of aromatic amines is 1. The van der Waals surface area contributed by atoms with Crippen LogP contribution in [0.2, 0.25) is 0 Å². The zero-order valence-electron chi connectivity index (χ0n) is 12.0. The summed E-state index contributed by atoms with van der Waals surface area (Å²) in [6.45, 7) is 4.07. The third kappa shape index (κ3) is 7.32. The van der Waals surface area contributed by atoms with Crippen molar-refractivity contribution in [3.05, 3.63) is 17.5 Å². The van der Waals surface area contributed by atoms with Gasteiger partial charge in [-0.1, -0.05) is 32.6 Å². The second kappa shape index (κ2) is 7.65. The fraction of sp³-hybridized carbons (Fsp3) is 0.769. The summed E-state index contributed by atoms with van der Waals surface area (Å²) in [7, 11) is -3.42. The molecule has 5 nitrogen and oxygen atoms in total. The molecular weight excluding hydrogens is 264 g/mol. The molecule has 0 saturated heterocycles. The average Bonchev–Trinajstić information content (AvgIpc) is 2.68. The molecule has 0 aliphatic rings. The van der Waals surface area contributed by atoms with E-state index in [1.165, 1.54) is 6.42 Å². The van der Waals surface area contributed by atoms with Crippen LogP contribution in [0, 0.1) is 6.92 Å². The van der Waals surface area contributed by atoms with Crippen molar-refractivity contribution < 1.29 is 12.6 Å². The van der Waals surface area contributed by atoms with Crippen LogP contribution in [0.1, 0.15) is 50.4 Å². The molecule has 1 aromatic rings. The first kappa shape index (κ1) is 16.2. The van der Waals surface area contributed by atoms with Gasteiger partial charge in [0.1, 0.15) is 0 Å². The molecule has 19 heavy (non-hydrogen) atoms. The van der Waals surface area contributed by atoms with E-state index in [1.807, 2.05) is 13.0 Å². The lowest BCUT2D eigenvalue weighted by molar-refractivity contribution is 0.195. The maximum atomic E-state index is 11.3. The SMILES string of the molecule is CCCCCCC(Cc1cc(C)[nH]n1)OS(C)(=O)=O. The van der Waals surface area contributed by atoms with Crippen LogP contribution in [0.15, 0.2) is 6.07 Å². The van der Waals surface area contributed by atoms with Crippen LogP contribution in [0.3, 0.4) is 0 Å². The van der Waals surface area contributed by atoms with E-state index < -0.39 is 10.1 Å². The van der Waals surface area contributed by atoms with Crippen molar-refractivity contribution in [1.29, 1.82) is 0 Å². The minimum atomic E-state index is -3.42. The zero-order chi connectivity index (χ0) is 14.3. The van der Waals surface area contributed by atoms with Crippen molar-refractivity contribution in [2.45, 2.75) is 58.5 Å². The summed E-state index contributed by atoms with van der Waals surface area (Å²) in [5.74, 6) is 0. The van der Waals surface area contributed by atoms with Gasteiger partial charge in [-0.3, -0.25) is 9.28 Å². The second-order valence-electron chi connectivity index (χ2n) is 5.02. The predicted octanol–water partition coefficient (Wildman–Crippen LogP) is 2.58. The molecule has 0 spiro atoms. The molecular formula is C13H24N2O3S. The largest absolute Gasteiger partial charge is 0.283 e. The maximum absolute atomic E-state index is 11.3. The third-order valence-electron chi connectivity index (χ3n) is 2.89. The van der Waals surface area contributed by atoms with Crippen molar-refractivity contribution in [2.24, 2.45) is 0 Å². The van der Waals surface area contributed by atoms with Gasteiger partial charge in [0.25, 0.3) is 10.1 Å². The van der Waals surface area contributed by atoms with Gasteiger partial charge in [-0.25, -0.2) is 0 Å². The molecule has 1 heterocycles. The highest BCUT2D eigenvalue weighted by Gasteiger charge is 2.17. The van der Waals surface area contributed by atoms with Gasteiger partial charge in [0, 0.05) is 12.1 Å². The summed E-state index contributed by atoms with van der Waals surface area (Å²) in [6, 6.07) is 1.92. The van der Waals surface area contributed by atoms with Crippen LogP contribution in [0.25, 0.3) is 0 Å². The van der Waals surface area contributed by atoms with Gasteiger partial charge in [-0.05, 0) is 19.4 Å². The standard InChI is InChI=1S/C13H24N2O3S/c1-4-5-6-7-8-13(18-19(3,16)17)10-12-9-11(2)14-15-12/h9,13H,4-8,10H2,1-3H3,(H,14,15). The lowest BCUT2D eigenvalue weighted by Crippen LogP contribution is -2.20. The maximum Gasteiger partial charge on any atom is 0.264 e. The summed E-state index contributed by atoms with van der Waals surface area (Å²) in [5.41, 5.74) is 1.82. The molecule has 0 aromatic carbocycles. The number of aromatic nitrogens is 2. The molecule has 110 valence electrons. The smallest absolute Gasteiger partial charge is 0.264 e. The third-order valence-corrected chi connectivity index (χ3v) is 3.51. The number of unbranched alkanes of at least 4 members (excludes halogenated alkanes) is 3. The van der Waals surface area contributed by atoms with E-state index in [0.717, 1.165) is 43.3 Å². The molecule has 6 heteroatoms. The first-order chi connectivity index (χ1) is 8.90. The lowest BCUT2D eigenvalue weighted by Gasteiger charge is -2.15. The Kier molecular flexibility index (Phi) is 6.51. The number of H-pyrrole nitrogens is 1. The summed E-state index contributed by atoms with van der Waals surface area (Å²) >= 11 is 0. The van der Waals surface area contributed by atoms with E-state index in [0.29, 0.717) is 6.42 Å². The summed E-state index contributed by atoms with van der Waals surface area (Å²) in [6.07, 6.45) is 6.50. The monoisotopic (exact) mass is 288 g/mol. The van der Waals surface area contributed by atoms with E-state index in [1.54, 1.807) is 0 Å². The van der Waals surface area contributed by atoms with Crippen LogP contribution in [-0.2, 0) is 20.7 Å². The van der Waals surface area contributed by atoms with Crippen LogP contribution in [0.5, 0.6) is 0 Å². The fourth-order valence-electron chi connectivity index (χ4n) is 2.04. The van der Waals surface area contributed by atoms with Crippen LogP contribution in [0.4, 0.5) is 0 Å². The second-order valence-corrected chi connectivity index (χ2v) is 6.62. The van der Waals surface area contributed by atoms with Crippen molar-refractivity contribution in [1.82, 2.24) is 10.2 Å². The molecule has 0 saturated carbocycles. The minimum Gasteiger partial charge on any atom is -0.283 e. The number of rotatable bonds is 9. The molecule has 1 N–H and O–H groups in total. The molecule has 0 aliphatic heterocycles. The molecule has 0 radical (unpaired) electrons. The number of nitrogens with zero attached hydrogens (tertiary/aromatic N) is 1. The molecule has 1 rings (SSSR count). The van der Waals surface area contributed by atoms with Gasteiger partial charge in [0.2, 0.25) is 0 Å².